The van der Waals surface area contributed by atoms with E-state index in [0.717, 1.165) is 37.7 Å². The first-order valence-electron chi connectivity index (χ1n) is 18.2. The van der Waals surface area contributed by atoms with Crippen molar-refractivity contribution in [2.45, 2.75) is 143 Å². The van der Waals surface area contributed by atoms with Gasteiger partial charge in [-0.15, -0.1) is 0 Å². The van der Waals surface area contributed by atoms with Gasteiger partial charge in [0.05, 0.1) is 24.2 Å². The second-order valence-corrected chi connectivity index (χ2v) is 20.2. The van der Waals surface area contributed by atoms with Crippen LogP contribution in [0.5, 0.6) is 0 Å². The molecular formula is C41H62O6Si. The van der Waals surface area contributed by atoms with Crippen molar-refractivity contribution in [3.05, 3.63) is 72.3 Å². The van der Waals surface area contributed by atoms with Gasteiger partial charge in [-0.05, 0) is 87.2 Å². The Labute approximate surface area is 292 Å². The van der Waals surface area contributed by atoms with Gasteiger partial charge in [0.2, 0.25) is 0 Å². The summed E-state index contributed by atoms with van der Waals surface area (Å²) in [5.74, 6) is -0.942. The second kappa shape index (κ2) is 16.3. The molecule has 0 aromatic heterocycles. The fraction of sp³-hybridized carbons (Fsp3) is 0.634. The van der Waals surface area contributed by atoms with Crippen molar-refractivity contribution < 1.29 is 28.2 Å². The van der Waals surface area contributed by atoms with Crippen molar-refractivity contribution in [1.29, 1.82) is 0 Å². The fourth-order valence-corrected chi connectivity index (χ4v) is 12.3. The molecule has 0 radical (unpaired) electrons. The molecule has 4 rings (SSSR count). The minimum Gasteiger partial charge on any atom is -0.405 e. The number of ether oxygens (including phenoxy) is 4. The molecule has 0 amide bonds. The van der Waals surface area contributed by atoms with Crippen molar-refractivity contribution in [3.8, 4) is 0 Å². The van der Waals surface area contributed by atoms with Crippen LogP contribution in [0.25, 0.3) is 0 Å². The Hall–Kier alpha value is -2.13. The number of hydrogen-bond donors (Lipinski definition) is 0. The van der Waals surface area contributed by atoms with E-state index in [1.807, 2.05) is 34.6 Å². The maximum atomic E-state index is 14.3. The number of carbonyl (C=O) groups is 1. The summed E-state index contributed by atoms with van der Waals surface area (Å²) in [7, 11) is -2.65. The molecule has 6 nitrogen and oxygen atoms in total. The van der Waals surface area contributed by atoms with Gasteiger partial charge in [-0.2, -0.15) is 0 Å². The van der Waals surface area contributed by atoms with Crippen LogP contribution in [0, 0.1) is 11.3 Å². The summed E-state index contributed by atoms with van der Waals surface area (Å²) >= 11 is 0. The van der Waals surface area contributed by atoms with Gasteiger partial charge >= 0.3 is 0 Å². The molecule has 0 aliphatic carbocycles. The van der Waals surface area contributed by atoms with Gasteiger partial charge in [-0.1, -0.05) is 108 Å². The van der Waals surface area contributed by atoms with Crippen molar-refractivity contribution in [2.75, 3.05) is 13.2 Å². The molecule has 2 aromatic rings. The molecular weight excluding hydrogens is 617 g/mol. The van der Waals surface area contributed by atoms with Crippen LogP contribution >= 0.6 is 0 Å². The van der Waals surface area contributed by atoms with E-state index in [1.54, 1.807) is 0 Å². The maximum Gasteiger partial charge on any atom is 0.261 e. The van der Waals surface area contributed by atoms with Gasteiger partial charge in [-0.3, -0.25) is 4.79 Å². The molecule has 48 heavy (non-hydrogen) atoms. The highest BCUT2D eigenvalue weighted by atomic mass is 28.4. The lowest BCUT2D eigenvalue weighted by Gasteiger charge is -2.44. The maximum absolute atomic E-state index is 14.3. The van der Waals surface area contributed by atoms with Gasteiger partial charge in [-0.25, -0.2) is 0 Å². The summed E-state index contributed by atoms with van der Waals surface area (Å²) < 4.78 is 32.1. The molecule has 5 atom stereocenters. The number of hydrogen-bond acceptors (Lipinski definition) is 6. The fourth-order valence-electron chi connectivity index (χ4n) is 7.55. The van der Waals surface area contributed by atoms with Crippen molar-refractivity contribution in [3.63, 3.8) is 0 Å². The summed E-state index contributed by atoms with van der Waals surface area (Å²) in [6, 6.07) is 21.6. The minimum absolute atomic E-state index is 0.0217. The molecule has 2 heterocycles. The topological polar surface area (TPSA) is 63.2 Å². The Bertz CT molecular complexity index is 1290. The van der Waals surface area contributed by atoms with E-state index in [0.29, 0.717) is 19.6 Å². The highest BCUT2D eigenvalue weighted by Crippen LogP contribution is 2.39. The predicted octanol–water partition coefficient (Wildman–Crippen LogP) is 8.36. The largest absolute Gasteiger partial charge is 0.405 e. The second-order valence-electron chi connectivity index (χ2n) is 16.0. The third kappa shape index (κ3) is 9.15. The average Bonchev–Trinajstić information content (AvgIpc) is 3.05. The number of rotatable bonds is 14. The molecule has 2 aromatic carbocycles. The van der Waals surface area contributed by atoms with Crippen molar-refractivity contribution in [1.82, 2.24) is 0 Å². The quantitative estimate of drug-likeness (QED) is 0.148. The first-order chi connectivity index (χ1) is 22.6. The van der Waals surface area contributed by atoms with Gasteiger partial charge in [0, 0.05) is 18.6 Å². The lowest BCUT2D eigenvalue weighted by Crippen LogP contribution is -2.67. The zero-order valence-electron chi connectivity index (χ0n) is 31.3. The lowest BCUT2D eigenvalue weighted by molar-refractivity contribution is -0.289. The van der Waals surface area contributed by atoms with E-state index in [4.69, 9.17) is 23.4 Å². The van der Waals surface area contributed by atoms with E-state index in [-0.39, 0.29) is 41.3 Å². The Morgan fingerprint density at radius 1 is 0.938 bits per heavy atom. The van der Waals surface area contributed by atoms with E-state index >= 15 is 0 Å². The van der Waals surface area contributed by atoms with Crippen molar-refractivity contribution in [2.24, 2.45) is 11.3 Å². The smallest absolute Gasteiger partial charge is 0.261 e. The molecule has 0 N–H and O–H groups in total. The molecule has 266 valence electrons. The highest BCUT2D eigenvalue weighted by Gasteiger charge is 2.51. The van der Waals surface area contributed by atoms with Crippen LogP contribution in [-0.2, 0) is 28.2 Å². The van der Waals surface area contributed by atoms with Gasteiger partial charge in [0.1, 0.15) is 5.78 Å². The van der Waals surface area contributed by atoms with E-state index in [9.17, 15) is 4.79 Å². The molecule has 0 bridgehead atoms. The summed E-state index contributed by atoms with van der Waals surface area (Å²) in [6.45, 7) is 22.4. The highest BCUT2D eigenvalue weighted by molar-refractivity contribution is 6.99. The van der Waals surface area contributed by atoms with Crippen molar-refractivity contribution >= 4 is 24.5 Å². The normalized spacial score (nSPS) is 22.9. The minimum atomic E-state index is -2.65. The molecule has 0 saturated carbocycles. The van der Waals surface area contributed by atoms with E-state index < -0.39 is 19.5 Å². The Kier molecular flexibility index (Phi) is 13.1. The molecule has 0 spiro atoms. The van der Waals surface area contributed by atoms with Crippen LogP contribution < -0.4 is 10.4 Å². The van der Waals surface area contributed by atoms with Crippen LogP contribution in [0.4, 0.5) is 0 Å². The zero-order chi connectivity index (χ0) is 35.2. The van der Waals surface area contributed by atoms with Crippen LogP contribution in [0.15, 0.2) is 72.3 Å². The Balaban J connectivity index is 1.54. The summed E-state index contributed by atoms with van der Waals surface area (Å²) in [6.07, 6.45) is 6.66. The first-order valence-corrected chi connectivity index (χ1v) is 20.1. The summed E-state index contributed by atoms with van der Waals surface area (Å²) in [5.41, 5.74) is 0.361. The monoisotopic (exact) mass is 678 g/mol. The molecule has 2 aliphatic rings. The third-order valence-electron chi connectivity index (χ3n) is 10.3. The van der Waals surface area contributed by atoms with E-state index in [2.05, 4.69) is 101 Å². The van der Waals surface area contributed by atoms with Gasteiger partial charge in [0.25, 0.3) is 8.32 Å². The van der Waals surface area contributed by atoms with E-state index in [1.165, 1.54) is 10.4 Å². The SMILES string of the molecule is C/C(=C\CCC(C)O[Si](c1ccccc1)(c1ccccc1)C(C)(C)C)C(OC1CCCCO1)[C@@H](C)C(=O)C(C)(C)[C@@H]1CCOC(C)(C)O1. The van der Waals surface area contributed by atoms with Crippen LogP contribution in [0.3, 0.4) is 0 Å². The Morgan fingerprint density at radius 3 is 2.06 bits per heavy atom. The number of carbonyl (C=O) groups excluding carboxylic acids is 1. The molecule has 7 heteroatoms. The molecule has 3 unspecified atom stereocenters. The number of benzene rings is 2. The predicted molar refractivity (Wildman–Crippen MR) is 197 cm³/mol. The van der Waals surface area contributed by atoms with Crippen LogP contribution in [-0.4, -0.2) is 57.7 Å². The lowest BCUT2D eigenvalue weighted by atomic mass is 9.73. The van der Waals surface area contributed by atoms with Crippen LogP contribution in [0.2, 0.25) is 5.04 Å². The summed E-state index contributed by atoms with van der Waals surface area (Å²) in [5, 5.41) is 2.49. The standard InChI is InChI=1S/C41H62O6Si/c1-30(20-19-21-31(2)47-48(39(4,5)6,33-22-13-11-14-23-33)34-24-15-12-16-25-34)37(45-36-26-17-18-28-43-36)32(3)38(42)40(7,8)35-27-29-44-41(9,10)46-35/h11-16,20,22-25,31-32,35-37H,17-19,21,26-29H2,1-10H3/b30-20+/t31?,32-,35+,36?,37?/m1/s1. The molecule has 2 saturated heterocycles. The Morgan fingerprint density at radius 2 is 1.54 bits per heavy atom. The molecule has 2 fully saturated rings. The average molecular weight is 679 g/mol. The number of allylic oxidation sites excluding steroid dienone is 1. The number of ketones is 1. The summed E-state index contributed by atoms with van der Waals surface area (Å²) in [4.78, 5) is 14.3. The third-order valence-corrected chi connectivity index (χ3v) is 15.4. The zero-order valence-corrected chi connectivity index (χ0v) is 32.3. The number of Topliss-reactive ketones (excluding diaryl/α,β-unsaturated/α-hetero) is 1. The first kappa shape index (κ1) is 38.7. The van der Waals surface area contributed by atoms with Crippen LogP contribution in [0.1, 0.15) is 108 Å². The van der Waals surface area contributed by atoms with Gasteiger partial charge < -0.3 is 23.4 Å². The van der Waals surface area contributed by atoms with Gasteiger partial charge in [0.15, 0.2) is 12.1 Å². The molecule has 2 aliphatic heterocycles.